The SMILES string of the molecule is CC1(C)C(=O)C(c2ccccc2)=C(c2ccccc2)C1(O)c1ccccc1. The third kappa shape index (κ3) is 2.48. The van der Waals surface area contributed by atoms with Gasteiger partial charge in [-0.1, -0.05) is 91.0 Å². The molecule has 0 bridgehead atoms. The number of carbonyl (C=O) groups excluding carboxylic acids is 1. The third-order valence-electron chi connectivity index (χ3n) is 5.63. The molecule has 0 fully saturated rings. The number of aliphatic hydroxyl groups is 1. The molecular formula is C25H22O2. The molecule has 0 saturated carbocycles. The molecule has 134 valence electrons. The van der Waals surface area contributed by atoms with Crippen LogP contribution in [0.2, 0.25) is 0 Å². The summed E-state index contributed by atoms with van der Waals surface area (Å²) >= 11 is 0. The Bertz CT molecular complexity index is 1000. The summed E-state index contributed by atoms with van der Waals surface area (Å²) < 4.78 is 0. The van der Waals surface area contributed by atoms with Gasteiger partial charge in [-0.25, -0.2) is 0 Å². The van der Waals surface area contributed by atoms with E-state index in [2.05, 4.69) is 0 Å². The fraction of sp³-hybridized carbons (Fsp3) is 0.160. The van der Waals surface area contributed by atoms with E-state index in [0.717, 1.165) is 16.7 Å². The second-order valence-electron chi connectivity index (χ2n) is 7.51. The first-order valence-electron chi connectivity index (χ1n) is 9.16. The van der Waals surface area contributed by atoms with E-state index in [1.54, 1.807) is 0 Å². The maximum atomic E-state index is 13.6. The van der Waals surface area contributed by atoms with Gasteiger partial charge in [0.25, 0.3) is 0 Å². The number of benzene rings is 3. The van der Waals surface area contributed by atoms with Gasteiger partial charge < -0.3 is 5.11 Å². The number of hydrogen-bond donors (Lipinski definition) is 1. The summed E-state index contributed by atoms with van der Waals surface area (Å²) in [5.74, 6) is -0.0427. The molecule has 0 saturated heterocycles. The molecule has 4 rings (SSSR count). The predicted molar refractivity (Wildman–Crippen MR) is 109 cm³/mol. The van der Waals surface area contributed by atoms with Crippen molar-refractivity contribution >= 4 is 16.9 Å². The van der Waals surface area contributed by atoms with Crippen molar-refractivity contribution in [3.05, 3.63) is 108 Å². The monoisotopic (exact) mass is 354 g/mol. The number of Topliss-reactive ketones (excluding diaryl/α,β-unsaturated/α-hetero) is 1. The molecule has 1 atom stereocenters. The van der Waals surface area contributed by atoms with E-state index in [0.29, 0.717) is 11.1 Å². The van der Waals surface area contributed by atoms with Gasteiger partial charge in [0.15, 0.2) is 5.78 Å². The van der Waals surface area contributed by atoms with Crippen LogP contribution >= 0.6 is 0 Å². The lowest BCUT2D eigenvalue weighted by Crippen LogP contribution is -2.43. The standard InChI is InChI=1S/C25H22O2/c1-24(2)23(26)21(18-12-6-3-7-13-18)22(19-14-8-4-9-15-19)25(24,27)20-16-10-5-11-17-20/h3-17,27H,1-2H3. The Kier molecular flexibility index (Phi) is 4.09. The second-order valence-corrected chi connectivity index (χ2v) is 7.51. The summed E-state index contributed by atoms with van der Waals surface area (Å²) in [6.07, 6.45) is 0. The van der Waals surface area contributed by atoms with Gasteiger partial charge >= 0.3 is 0 Å². The summed E-state index contributed by atoms with van der Waals surface area (Å²) in [7, 11) is 0. The Morgan fingerprint density at radius 1 is 0.667 bits per heavy atom. The van der Waals surface area contributed by atoms with Crippen LogP contribution in [0.3, 0.4) is 0 Å². The molecule has 3 aromatic rings. The summed E-state index contributed by atoms with van der Waals surface area (Å²) in [6, 6.07) is 28.9. The zero-order valence-electron chi connectivity index (χ0n) is 15.5. The number of carbonyl (C=O) groups is 1. The highest BCUT2D eigenvalue weighted by molar-refractivity contribution is 6.35. The molecule has 0 aliphatic heterocycles. The Balaban J connectivity index is 2.11. The summed E-state index contributed by atoms with van der Waals surface area (Å²) in [6.45, 7) is 3.67. The molecule has 2 heteroatoms. The molecule has 3 aromatic carbocycles. The van der Waals surface area contributed by atoms with E-state index in [1.807, 2.05) is 105 Å². The van der Waals surface area contributed by atoms with Crippen molar-refractivity contribution in [1.82, 2.24) is 0 Å². The van der Waals surface area contributed by atoms with Crippen LogP contribution in [-0.4, -0.2) is 10.9 Å². The van der Waals surface area contributed by atoms with E-state index in [4.69, 9.17) is 0 Å². The van der Waals surface area contributed by atoms with Gasteiger partial charge in [0.2, 0.25) is 0 Å². The molecule has 2 nitrogen and oxygen atoms in total. The maximum Gasteiger partial charge on any atom is 0.173 e. The highest BCUT2D eigenvalue weighted by Gasteiger charge is 2.59. The lowest BCUT2D eigenvalue weighted by Gasteiger charge is -2.38. The van der Waals surface area contributed by atoms with Crippen molar-refractivity contribution in [3.8, 4) is 0 Å². The first-order valence-corrected chi connectivity index (χ1v) is 9.16. The number of allylic oxidation sites excluding steroid dienone is 1. The van der Waals surface area contributed by atoms with Crippen molar-refractivity contribution in [1.29, 1.82) is 0 Å². The fourth-order valence-electron chi connectivity index (χ4n) is 4.11. The van der Waals surface area contributed by atoms with Gasteiger partial charge in [0, 0.05) is 11.1 Å². The molecule has 0 radical (unpaired) electrons. The first-order chi connectivity index (χ1) is 13.0. The molecule has 1 N–H and O–H groups in total. The molecule has 1 aliphatic rings. The van der Waals surface area contributed by atoms with Gasteiger partial charge in [-0.3, -0.25) is 4.79 Å². The van der Waals surface area contributed by atoms with E-state index < -0.39 is 11.0 Å². The van der Waals surface area contributed by atoms with Crippen LogP contribution in [0, 0.1) is 5.41 Å². The quantitative estimate of drug-likeness (QED) is 0.711. The third-order valence-corrected chi connectivity index (χ3v) is 5.63. The van der Waals surface area contributed by atoms with Crippen LogP contribution in [0.4, 0.5) is 0 Å². The maximum absolute atomic E-state index is 13.6. The number of ketones is 1. The number of rotatable bonds is 3. The number of hydrogen-bond acceptors (Lipinski definition) is 2. The van der Waals surface area contributed by atoms with Crippen molar-refractivity contribution in [2.45, 2.75) is 19.4 Å². The fourth-order valence-corrected chi connectivity index (χ4v) is 4.11. The molecule has 0 spiro atoms. The van der Waals surface area contributed by atoms with Crippen molar-refractivity contribution < 1.29 is 9.90 Å². The lowest BCUT2D eigenvalue weighted by atomic mass is 9.69. The summed E-state index contributed by atoms with van der Waals surface area (Å²) in [4.78, 5) is 13.6. The first kappa shape index (κ1) is 17.4. The lowest BCUT2D eigenvalue weighted by molar-refractivity contribution is -0.129. The Hall–Kier alpha value is -2.97. The van der Waals surface area contributed by atoms with Crippen molar-refractivity contribution in [2.75, 3.05) is 0 Å². The minimum atomic E-state index is -1.42. The zero-order valence-corrected chi connectivity index (χ0v) is 15.5. The molecular weight excluding hydrogens is 332 g/mol. The normalized spacial score (nSPS) is 21.5. The van der Waals surface area contributed by atoms with Gasteiger partial charge in [0.05, 0.1) is 5.41 Å². The minimum Gasteiger partial charge on any atom is -0.379 e. The Morgan fingerprint density at radius 2 is 1.11 bits per heavy atom. The van der Waals surface area contributed by atoms with Gasteiger partial charge in [-0.2, -0.15) is 0 Å². The van der Waals surface area contributed by atoms with Crippen molar-refractivity contribution in [3.63, 3.8) is 0 Å². The molecule has 0 amide bonds. The zero-order chi connectivity index (χ0) is 19.1. The van der Waals surface area contributed by atoms with E-state index in [9.17, 15) is 9.90 Å². The molecule has 0 heterocycles. The summed E-state index contributed by atoms with van der Waals surface area (Å²) in [5, 5.41) is 12.1. The highest BCUT2D eigenvalue weighted by atomic mass is 16.3. The van der Waals surface area contributed by atoms with E-state index in [-0.39, 0.29) is 5.78 Å². The largest absolute Gasteiger partial charge is 0.379 e. The van der Waals surface area contributed by atoms with Crippen molar-refractivity contribution in [2.24, 2.45) is 5.41 Å². The van der Waals surface area contributed by atoms with Crippen LogP contribution in [0.1, 0.15) is 30.5 Å². The minimum absolute atomic E-state index is 0.0427. The van der Waals surface area contributed by atoms with Crippen LogP contribution in [0.25, 0.3) is 11.1 Å². The average Bonchev–Trinajstić information content (AvgIpc) is 2.88. The topological polar surface area (TPSA) is 37.3 Å². The predicted octanol–water partition coefficient (Wildman–Crippen LogP) is 5.09. The second kappa shape index (κ2) is 6.33. The van der Waals surface area contributed by atoms with Crippen LogP contribution in [0.5, 0.6) is 0 Å². The summed E-state index contributed by atoms with van der Waals surface area (Å²) in [5.41, 5.74) is 1.28. The van der Waals surface area contributed by atoms with E-state index >= 15 is 0 Å². The molecule has 1 aliphatic carbocycles. The van der Waals surface area contributed by atoms with E-state index in [1.165, 1.54) is 0 Å². The highest BCUT2D eigenvalue weighted by Crippen LogP contribution is 2.59. The molecule has 1 unspecified atom stereocenters. The average molecular weight is 354 g/mol. The molecule has 27 heavy (non-hydrogen) atoms. The van der Waals surface area contributed by atoms with Crippen LogP contribution < -0.4 is 0 Å². The van der Waals surface area contributed by atoms with Crippen LogP contribution in [0.15, 0.2) is 91.0 Å². The van der Waals surface area contributed by atoms with Gasteiger partial charge in [0.1, 0.15) is 5.60 Å². The van der Waals surface area contributed by atoms with Gasteiger partial charge in [-0.15, -0.1) is 0 Å². The Morgan fingerprint density at radius 3 is 1.63 bits per heavy atom. The molecule has 0 aromatic heterocycles. The van der Waals surface area contributed by atoms with Gasteiger partial charge in [-0.05, 0) is 30.5 Å². The Labute approximate surface area is 159 Å². The van der Waals surface area contributed by atoms with Crippen LogP contribution in [-0.2, 0) is 10.4 Å². The smallest absolute Gasteiger partial charge is 0.173 e.